The molecule has 0 spiro atoms. The molecule has 68 valence electrons. The Kier molecular flexibility index (Phi) is 1.85. The van der Waals surface area contributed by atoms with Crippen molar-refractivity contribution in [2.24, 2.45) is 7.05 Å². The van der Waals surface area contributed by atoms with Gasteiger partial charge in [0.25, 0.3) is 0 Å². The summed E-state index contributed by atoms with van der Waals surface area (Å²) < 4.78 is 2.07. The number of aliphatic hydroxyl groups is 1. The van der Waals surface area contributed by atoms with E-state index < -0.39 is 0 Å². The zero-order valence-electron chi connectivity index (χ0n) is 7.86. The standard InChI is InChI=1S/C11H13NO/c1-8(13)9-3-4-11-10(7-9)5-6-12(11)2/h3-8,13H,1-2H3/t8-/m0/s1. The first-order valence-electron chi connectivity index (χ1n) is 4.41. The third-order valence-corrected chi connectivity index (χ3v) is 2.39. The van der Waals surface area contributed by atoms with E-state index in [1.165, 1.54) is 10.9 Å². The minimum Gasteiger partial charge on any atom is -0.389 e. The van der Waals surface area contributed by atoms with Crippen LogP contribution in [0.3, 0.4) is 0 Å². The zero-order chi connectivity index (χ0) is 9.42. The Morgan fingerprint density at radius 2 is 2.08 bits per heavy atom. The van der Waals surface area contributed by atoms with E-state index in [4.69, 9.17) is 0 Å². The van der Waals surface area contributed by atoms with Crippen molar-refractivity contribution < 1.29 is 5.11 Å². The molecule has 0 aliphatic heterocycles. The third-order valence-electron chi connectivity index (χ3n) is 2.39. The van der Waals surface area contributed by atoms with Crippen molar-refractivity contribution in [1.82, 2.24) is 4.57 Å². The van der Waals surface area contributed by atoms with E-state index in [0.29, 0.717) is 0 Å². The van der Waals surface area contributed by atoms with Crippen molar-refractivity contribution in [3.63, 3.8) is 0 Å². The molecule has 0 aliphatic rings. The van der Waals surface area contributed by atoms with Crippen LogP contribution in [0.25, 0.3) is 10.9 Å². The smallest absolute Gasteiger partial charge is 0.0762 e. The van der Waals surface area contributed by atoms with Crippen molar-refractivity contribution in [2.45, 2.75) is 13.0 Å². The van der Waals surface area contributed by atoms with Crippen molar-refractivity contribution in [3.05, 3.63) is 36.0 Å². The van der Waals surface area contributed by atoms with E-state index >= 15 is 0 Å². The average molecular weight is 175 g/mol. The van der Waals surface area contributed by atoms with E-state index in [0.717, 1.165) is 5.56 Å². The van der Waals surface area contributed by atoms with Crippen LogP contribution in [0.4, 0.5) is 0 Å². The van der Waals surface area contributed by atoms with Crippen LogP contribution < -0.4 is 0 Å². The summed E-state index contributed by atoms with van der Waals surface area (Å²) in [7, 11) is 2.02. The minimum absolute atomic E-state index is 0.385. The topological polar surface area (TPSA) is 25.2 Å². The van der Waals surface area contributed by atoms with Gasteiger partial charge in [-0.1, -0.05) is 6.07 Å². The van der Waals surface area contributed by atoms with E-state index in [1.807, 2.05) is 31.4 Å². The van der Waals surface area contributed by atoms with Crippen LogP contribution in [0.1, 0.15) is 18.6 Å². The molecule has 1 heterocycles. The molecule has 0 aliphatic carbocycles. The number of aryl methyl sites for hydroxylation is 1. The maximum atomic E-state index is 9.38. The van der Waals surface area contributed by atoms with Gasteiger partial charge in [-0.3, -0.25) is 0 Å². The maximum absolute atomic E-state index is 9.38. The molecule has 2 rings (SSSR count). The fourth-order valence-corrected chi connectivity index (χ4v) is 1.56. The highest BCUT2D eigenvalue weighted by Crippen LogP contribution is 2.20. The summed E-state index contributed by atoms with van der Waals surface area (Å²) >= 11 is 0. The molecule has 2 heteroatoms. The van der Waals surface area contributed by atoms with E-state index in [1.54, 1.807) is 6.92 Å². The summed E-state index contributed by atoms with van der Waals surface area (Å²) in [5, 5.41) is 10.6. The lowest BCUT2D eigenvalue weighted by Gasteiger charge is -2.04. The number of nitrogens with zero attached hydrogens (tertiary/aromatic N) is 1. The van der Waals surface area contributed by atoms with E-state index in [9.17, 15) is 5.11 Å². The molecule has 2 nitrogen and oxygen atoms in total. The summed E-state index contributed by atoms with van der Waals surface area (Å²) in [5.74, 6) is 0. The molecular formula is C11H13NO. The number of rotatable bonds is 1. The monoisotopic (exact) mass is 175 g/mol. The molecule has 1 N–H and O–H groups in total. The lowest BCUT2D eigenvalue weighted by molar-refractivity contribution is 0.199. The highest BCUT2D eigenvalue weighted by molar-refractivity contribution is 5.80. The Morgan fingerprint density at radius 1 is 1.31 bits per heavy atom. The third kappa shape index (κ3) is 1.33. The molecule has 1 aromatic carbocycles. The molecule has 0 unspecified atom stereocenters. The second-order valence-electron chi connectivity index (χ2n) is 3.42. The van der Waals surface area contributed by atoms with Gasteiger partial charge in [-0.2, -0.15) is 0 Å². The lowest BCUT2D eigenvalue weighted by atomic mass is 10.1. The molecule has 0 amide bonds. The number of hydrogen-bond acceptors (Lipinski definition) is 1. The van der Waals surface area contributed by atoms with Gasteiger partial charge in [-0.15, -0.1) is 0 Å². The van der Waals surface area contributed by atoms with Gasteiger partial charge in [-0.25, -0.2) is 0 Å². The van der Waals surface area contributed by atoms with Gasteiger partial charge >= 0.3 is 0 Å². The van der Waals surface area contributed by atoms with Gasteiger partial charge in [0.2, 0.25) is 0 Å². The summed E-state index contributed by atoms with van der Waals surface area (Å²) in [6, 6.07) is 8.09. The average Bonchev–Trinajstić information content (AvgIpc) is 2.47. The number of fused-ring (bicyclic) bond motifs is 1. The maximum Gasteiger partial charge on any atom is 0.0762 e. The summed E-state index contributed by atoms with van der Waals surface area (Å²) in [6.45, 7) is 1.78. The molecule has 0 bridgehead atoms. The number of aromatic nitrogens is 1. The lowest BCUT2D eigenvalue weighted by Crippen LogP contribution is -1.90. The van der Waals surface area contributed by atoms with Crippen LogP contribution in [-0.4, -0.2) is 9.67 Å². The van der Waals surface area contributed by atoms with Crippen LogP contribution in [0.2, 0.25) is 0 Å². The van der Waals surface area contributed by atoms with Gasteiger partial charge in [0.05, 0.1) is 6.10 Å². The molecule has 0 fully saturated rings. The number of hydrogen-bond donors (Lipinski definition) is 1. The Hall–Kier alpha value is -1.28. The van der Waals surface area contributed by atoms with Gasteiger partial charge < -0.3 is 9.67 Å². The number of aliphatic hydroxyl groups excluding tert-OH is 1. The van der Waals surface area contributed by atoms with Crippen molar-refractivity contribution in [2.75, 3.05) is 0 Å². The normalized spacial score (nSPS) is 13.5. The zero-order valence-corrected chi connectivity index (χ0v) is 7.86. The van der Waals surface area contributed by atoms with Gasteiger partial charge in [0, 0.05) is 18.8 Å². The molecule has 1 aromatic heterocycles. The Balaban J connectivity index is 2.63. The SMILES string of the molecule is C[C@H](O)c1ccc2c(ccn2C)c1. The van der Waals surface area contributed by atoms with Gasteiger partial charge in [0.15, 0.2) is 0 Å². The predicted octanol–water partition coefficient (Wildman–Crippen LogP) is 2.23. The van der Waals surface area contributed by atoms with Crippen LogP contribution in [-0.2, 0) is 7.05 Å². The first-order valence-corrected chi connectivity index (χ1v) is 4.41. The van der Waals surface area contributed by atoms with Crippen LogP contribution in [0, 0.1) is 0 Å². The van der Waals surface area contributed by atoms with Crippen molar-refractivity contribution in [3.8, 4) is 0 Å². The van der Waals surface area contributed by atoms with Crippen molar-refractivity contribution in [1.29, 1.82) is 0 Å². The predicted molar refractivity (Wildman–Crippen MR) is 53.6 cm³/mol. The quantitative estimate of drug-likeness (QED) is 0.706. The van der Waals surface area contributed by atoms with Gasteiger partial charge in [0.1, 0.15) is 0 Å². The molecule has 1 atom stereocenters. The first kappa shape index (κ1) is 8.32. The fourth-order valence-electron chi connectivity index (χ4n) is 1.56. The van der Waals surface area contributed by atoms with Crippen LogP contribution >= 0.6 is 0 Å². The van der Waals surface area contributed by atoms with Crippen LogP contribution in [0.15, 0.2) is 30.5 Å². The summed E-state index contributed by atoms with van der Waals surface area (Å²) in [6.07, 6.45) is 1.64. The van der Waals surface area contributed by atoms with Crippen LogP contribution in [0.5, 0.6) is 0 Å². The minimum atomic E-state index is -0.385. The molecule has 0 saturated carbocycles. The largest absolute Gasteiger partial charge is 0.389 e. The Bertz CT molecular complexity index is 429. The first-order chi connectivity index (χ1) is 6.18. The van der Waals surface area contributed by atoms with E-state index in [2.05, 4.69) is 10.6 Å². The number of benzene rings is 1. The summed E-state index contributed by atoms with van der Waals surface area (Å²) in [4.78, 5) is 0. The fraction of sp³-hybridized carbons (Fsp3) is 0.273. The van der Waals surface area contributed by atoms with Crippen molar-refractivity contribution >= 4 is 10.9 Å². The van der Waals surface area contributed by atoms with E-state index in [-0.39, 0.29) is 6.10 Å². The highest BCUT2D eigenvalue weighted by Gasteiger charge is 2.02. The second kappa shape index (κ2) is 2.89. The highest BCUT2D eigenvalue weighted by atomic mass is 16.3. The summed E-state index contributed by atoms with van der Waals surface area (Å²) in [5.41, 5.74) is 2.17. The second-order valence-corrected chi connectivity index (χ2v) is 3.42. The molecule has 0 radical (unpaired) electrons. The molecule has 0 saturated heterocycles. The van der Waals surface area contributed by atoms with Gasteiger partial charge in [-0.05, 0) is 36.1 Å². The molecule has 13 heavy (non-hydrogen) atoms. The Labute approximate surface area is 77.4 Å². The molecular weight excluding hydrogens is 162 g/mol. The molecule has 2 aromatic rings. The Morgan fingerprint density at radius 3 is 2.77 bits per heavy atom.